The van der Waals surface area contributed by atoms with Crippen LogP contribution in [0.4, 0.5) is 0 Å². The van der Waals surface area contributed by atoms with Crippen molar-refractivity contribution in [3.63, 3.8) is 0 Å². The molecule has 300 valence electrons. The van der Waals surface area contributed by atoms with Crippen molar-refractivity contribution in [3.8, 4) is 22.8 Å². The SMILES string of the molecule is CCCCC[C@@H](C(=O)NCNC(=O)c1ccc(-c2cc(OCC)cc(P(C)(=O)OCc3ccccc3)c2)o1)[C@@H](CC)N(C=O)OC(=O)c1ccc(OC)cc1C. The van der Waals surface area contributed by atoms with Crippen LogP contribution in [0, 0.1) is 12.8 Å². The molecule has 2 N–H and O–H groups in total. The number of hydrogen-bond donors (Lipinski definition) is 2. The second kappa shape index (κ2) is 21.1. The van der Waals surface area contributed by atoms with Gasteiger partial charge in [-0.1, -0.05) is 63.4 Å². The average molecular weight is 790 g/mol. The number of benzene rings is 3. The van der Waals surface area contributed by atoms with Gasteiger partial charge in [0.05, 0.1) is 44.5 Å². The minimum atomic E-state index is -3.30. The Balaban J connectivity index is 1.43. The zero-order valence-electron chi connectivity index (χ0n) is 32.9. The topological polar surface area (TPSA) is 163 Å². The van der Waals surface area contributed by atoms with Gasteiger partial charge in [0, 0.05) is 17.5 Å². The second-order valence-corrected chi connectivity index (χ2v) is 15.7. The molecule has 3 atom stereocenters. The van der Waals surface area contributed by atoms with Gasteiger partial charge in [-0.2, -0.15) is 5.06 Å². The third kappa shape index (κ3) is 11.8. The van der Waals surface area contributed by atoms with Gasteiger partial charge < -0.3 is 33.9 Å². The molecule has 1 unspecified atom stereocenters. The van der Waals surface area contributed by atoms with Crippen molar-refractivity contribution in [3.05, 3.63) is 101 Å². The van der Waals surface area contributed by atoms with Crippen LogP contribution in [0.1, 0.15) is 84.9 Å². The number of unbranched alkanes of at least 4 members (excludes halogenated alkanes) is 2. The van der Waals surface area contributed by atoms with Gasteiger partial charge in [0.1, 0.15) is 17.3 Å². The van der Waals surface area contributed by atoms with Gasteiger partial charge in [-0.15, -0.1) is 0 Å². The van der Waals surface area contributed by atoms with Gasteiger partial charge in [-0.3, -0.25) is 18.9 Å². The summed E-state index contributed by atoms with van der Waals surface area (Å²) < 4.78 is 36.5. The van der Waals surface area contributed by atoms with Gasteiger partial charge in [-0.25, -0.2) is 4.79 Å². The van der Waals surface area contributed by atoms with Crippen LogP contribution in [0.3, 0.4) is 0 Å². The fourth-order valence-electron chi connectivity index (χ4n) is 6.16. The number of nitrogens with zero attached hydrogens (tertiary/aromatic N) is 1. The van der Waals surface area contributed by atoms with Crippen molar-refractivity contribution in [1.29, 1.82) is 0 Å². The van der Waals surface area contributed by atoms with E-state index in [9.17, 15) is 23.7 Å². The lowest BCUT2D eigenvalue weighted by Gasteiger charge is -2.32. The number of hydrogen-bond acceptors (Lipinski definition) is 10. The molecule has 56 heavy (non-hydrogen) atoms. The Bertz CT molecular complexity index is 1980. The van der Waals surface area contributed by atoms with Crippen molar-refractivity contribution in [2.75, 3.05) is 27.1 Å². The lowest BCUT2D eigenvalue weighted by molar-refractivity contribution is -0.171. The first kappa shape index (κ1) is 43.3. The Kier molecular flexibility index (Phi) is 16.3. The molecule has 0 bridgehead atoms. The summed E-state index contributed by atoms with van der Waals surface area (Å²) in [4.78, 5) is 57.8. The van der Waals surface area contributed by atoms with Gasteiger partial charge >= 0.3 is 5.97 Å². The molecule has 13 nitrogen and oxygen atoms in total. The van der Waals surface area contributed by atoms with E-state index in [2.05, 4.69) is 10.6 Å². The van der Waals surface area contributed by atoms with E-state index in [4.69, 9.17) is 23.3 Å². The van der Waals surface area contributed by atoms with E-state index in [0.29, 0.717) is 66.0 Å². The Morgan fingerprint density at radius 3 is 2.36 bits per heavy atom. The summed E-state index contributed by atoms with van der Waals surface area (Å²) in [6, 6.07) is 21.7. The summed E-state index contributed by atoms with van der Waals surface area (Å²) in [7, 11) is -1.78. The number of hydroxylamine groups is 2. The lowest BCUT2D eigenvalue weighted by Crippen LogP contribution is -2.49. The van der Waals surface area contributed by atoms with Crippen molar-refractivity contribution >= 4 is 36.9 Å². The quantitative estimate of drug-likeness (QED) is 0.0269. The fraction of sp³-hybridized carbons (Fsp3) is 0.381. The first-order valence-corrected chi connectivity index (χ1v) is 20.8. The Hall–Kier alpha value is -5.39. The molecule has 0 aliphatic rings. The summed E-state index contributed by atoms with van der Waals surface area (Å²) in [6.07, 6.45) is 3.61. The van der Waals surface area contributed by atoms with Crippen LogP contribution in [0.15, 0.2) is 83.3 Å². The van der Waals surface area contributed by atoms with Crippen molar-refractivity contribution in [2.24, 2.45) is 5.92 Å². The minimum absolute atomic E-state index is 0.0172. The molecule has 0 aliphatic carbocycles. The molecule has 0 fully saturated rings. The Morgan fingerprint density at radius 1 is 0.929 bits per heavy atom. The summed E-state index contributed by atoms with van der Waals surface area (Å²) in [5.74, 6) is -1.14. The minimum Gasteiger partial charge on any atom is -0.497 e. The molecule has 0 radical (unpaired) electrons. The summed E-state index contributed by atoms with van der Waals surface area (Å²) in [5.41, 5.74) is 2.27. The molecule has 1 aromatic heterocycles. The molecular weight excluding hydrogens is 737 g/mol. The van der Waals surface area contributed by atoms with E-state index in [0.717, 1.165) is 23.5 Å². The number of aryl methyl sites for hydroxylation is 1. The number of furan rings is 1. The molecule has 0 saturated heterocycles. The Labute approximate surface area is 328 Å². The molecule has 3 amide bonds. The van der Waals surface area contributed by atoms with Crippen LogP contribution in [-0.4, -0.2) is 62.3 Å². The van der Waals surface area contributed by atoms with E-state index < -0.39 is 37.1 Å². The maximum Gasteiger partial charge on any atom is 0.363 e. The van der Waals surface area contributed by atoms with Crippen LogP contribution in [0.5, 0.6) is 11.5 Å². The molecule has 3 aromatic carbocycles. The van der Waals surface area contributed by atoms with Crippen LogP contribution in [0.25, 0.3) is 11.3 Å². The van der Waals surface area contributed by atoms with Gasteiger partial charge in [0.25, 0.3) is 5.91 Å². The summed E-state index contributed by atoms with van der Waals surface area (Å²) in [5, 5.41) is 6.74. The standard InChI is InChI=1S/C42H52N3O10P/c1-7-10-12-17-36(37(8-2)45(28-46)55-42(49)35-19-18-32(51-5)22-29(35)4)40(47)43-27-44-41(48)39-21-20-38(54-39)31-23-33(52-9-3)25-34(24-31)56(6,50)53-26-30-15-13-11-14-16-30/h11,13-16,18-25,28,36-37H,7-10,12,17,26-27H2,1-6H3,(H,43,47)(H,44,48)/t36-,37-,56?/m1/s1. The molecule has 14 heteroatoms. The van der Waals surface area contributed by atoms with E-state index in [-0.39, 0.29) is 24.6 Å². The summed E-state index contributed by atoms with van der Waals surface area (Å²) in [6.45, 7) is 9.25. The number of carbonyl (C=O) groups is 4. The maximum atomic E-state index is 13.7. The van der Waals surface area contributed by atoms with E-state index in [1.54, 1.807) is 63.0 Å². The van der Waals surface area contributed by atoms with E-state index in [1.807, 2.05) is 44.2 Å². The normalized spacial score (nSPS) is 13.1. The predicted molar refractivity (Wildman–Crippen MR) is 213 cm³/mol. The second-order valence-electron chi connectivity index (χ2n) is 13.2. The number of nitrogens with one attached hydrogen (secondary N) is 2. The number of methoxy groups -OCH3 is 1. The molecule has 0 saturated carbocycles. The average Bonchev–Trinajstić information content (AvgIpc) is 3.70. The fourth-order valence-corrected chi connectivity index (χ4v) is 7.44. The van der Waals surface area contributed by atoms with Crippen molar-refractivity contribution in [1.82, 2.24) is 15.7 Å². The first-order valence-electron chi connectivity index (χ1n) is 18.8. The molecular formula is C42H52N3O10P. The predicted octanol–water partition coefficient (Wildman–Crippen LogP) is 7.42. The third-order valence-electron chi connectivity index (χ3n) is 9.23. The monoisotopic (exact) mass is 789 g/mol. The molecule has 4 aromatic rings. The third-order valence-corrected chi connectivity index (χ3v) is 11.0. The van der Waals surface area contributed by atoms with Crippen LogP contribution >= 0.6 is 7.37 Å². The summed E-state index contributed by atoms with van der Waals surface area (Å²) >= 11 is 0. The number of rotatable bonds is 22. The zero-order valence-corrected chi connectivity index (χ0v) is 33.8. The van der Waals surface area contributed by atoms with Gasteiger partial charge in [-0.05, 0) is 86.3 Å². The molecule has 0 spiro atoms. The largest absolute Gasteiger partial charge is 0.497 e. The highest BCUT2D eigenvalue weighted by atomic mass is 31.2. The highest BCUT2D eigenvalue weighted by Gasteiger charge is 2.34. The van der Waals surface area contributed by atoms with Crippen LogP contribution < -0.4 is 25.4 Å². The molecule has 4 rings (SSSR count). The van der Waals surface area contributed by atoms with Crippen molar-refractivity contribution in [2.45, 2.75) is 72.4 Å². The Morgan fingerprint density at radius 2 is 1.70 bits per heavy atom. The maximum absolute atomic E-state index is 13.7. The number of ether oxygens (including phenoxy) is 2. The zero-order chi connectivity index (χ0) is 40.7. The van der Waals surface area contributed by atoms with Gasteiger partial charge in [0.15, 0.2) is 5.76 Å². The highest BCUT2D eigenvalue weighted by molar-refractivity contribution is 7.66. The van der Waals surface area contributed by atoms with Crippen LogP contribution in [-0.2, 0) is 30.1 Å². The number of amides is 3. The molecule has 1 heterocycles. The van der Waals surface area contributed by atoms with Crippen molar-refractivity contribution < 1.29 is 47.0 Å². The lowest BCUT2D eigenvalue weighted by atomic mass is 9.90. The highest BCUT2D eigenvalue weighted by Crippen LogP contribution is 2.44. The van der Waals surface area contributed by atoms with E-state index in [1.165, 1.54) is 13.2 Å². The van der Waals surface area contributed by atoms with Gasteiger partial charge in [0.2, 0.25) is 19.7 Å². The van der Waals surface area contributed by atoms with Crippen LogP contribution in [0.2, 0.25) is 0 Å². The van der Waals surface area contributed by atoms with E-state index >= 15 is 0 Å². The molecule has 0 aliphatic heterocycles. The first-order chi connectivity index (χ1) is 26.9. The number of carbonyl (C=O) groups excluding carboxylic acids is 4. The smallest absolute Gasteiger partial charge is 0.363 e.